The van der Waals surface area contributed by atoms with Gasteiger partial charge >= 0.3 is 0 Å². The van der Waals surface area contributed by atoms with E-state index in [1.807, 2.05) is 20.8 Å². The normalized spacial score (nSPS) is 27.8. The number of aryl methyl sites for hydroxylation is 1. The molecule has 92 valence electrons. The van der Waals surface area contributed by atoms with Gasteiger partial charge in [0, 0.05) is 12.5 Å². The molecule has 0 N–H and O–H groups in total. The summed E-state index contributed by atoms with van der Waals surface area (Å²) in [7, 11) is 0. The first-order chi connectivity index (χ1) is 7.97. The zero-order valence-corrected chi connectivity index (χ0v) is 10.4. The Balaban J connectivity index is 2.17. The third-order valence-corrected chi connectivity index (χ3v) is 3.87. The number of benzene rings is 1. The summed E-state index contributed by atoms with van der Waals surface area (Å²) < 4.78 is 18.9. The van der Waals surface area contributed by atoms with Crippen molar-refractivity contribution >= 4 is 5.78 Å². The van der Waals surface area contributed by atoms with E-state index in [2.05, 4.69) is 0 Å². The molecule has 0 radical (unpaired) electrons. The number of carbonyl (C=O) groups excluding carboxylic acids is 1. The lowest BCUT2D eigenvalue weighted by Gasteiger charge is -2.44. The van der Waals surface area contributed by atoms with E-state index in [0.717, 1.165) is 12.0 Å². The van der Waals surface area contributed by atoms with E-state index in [9.17, 15) is 9.18 Å². The number of hydrogen-bond donors (Lipinski definition) is 0. The second-order valence-corrected chi connectivity index (χ2v) is 4.91. The van der Waals surface area contributed by atoms with E-state index in [0.29, 0.717) is 12.2 Å². The first-order valence-corrected chi connectivity index (χ1v) is 5.93. The molecule has 0 amide bonds. The molecular formula is C14H17FO2. The number of carbonyl (C=O) groups is 1. The van der Waals surface area contributed by atoms with Crippen molar-refractivity contribution < 1.29 is 13.9 Å². The van der Waals surface area contributed by atoms with Crippen LogP contribution in [0.2, 0.25) is 0 Å². The fraction of sp³-hybridized carbons (Fsp3) is 0.500. The van der Waals surface area contributed by atoms with E-state index < -0.39 is 5.41 Å². The molecule has 0 aromatic heterocycles. The fourth-order valence-electron chi connectivity index (χ4n) is 2.13. The molecular weight excluding hydrogens is 219 g/mol. The van der Waals surface area contributed by atoms with Crippen molar-refractivity contribution in [2.45, 2.75) is 39.7 Å². The lowest BCUT2D eigenvalue weighted by molar-refractivity contribution is -0.150. The number of ether oxygens (including phenoxy) is 1. The van der Waals surface area contributed by atoms with Gasteiger partial charge in [-0.2, -0.15) is 0 Å². The molecule has 2 atom stereocenters. The van der Waals surface area contributed by atoms with Crippen LogP contribution in [-0.4, -0.2) is 11.9 Å². The summed E-state index contributed by atoms with van der Waals surface area (Å²) in [4.78, 5) is 11.6. The highest BCUT2D eigenvalue weighted by atomic mass is 19.1. The van der Waals surface area contributed by atoms with Crippen LogP contribution in [0.1, 0.15) is 32.3 Å². The van der Waals surface area contributed by atoms with Crippen molar-refractivity contribution in [3.63, 3.8) is 0 Å². The molecule has 3 heteroatoms. The van der Waals surface area contributed by atoms with Gasteiger partial charge in [0.05, 0.1) is 5.41 Å². The maximum absolute atomic E-state index is 13.1. The Morgan fingerprint density at radius 2 is 2.24 bits per heavy atom. The molecule has 0 aliphatic heterocycles. The van der Waals surface area contributed by atoms with Crippen molar-refractivity contribution in [1.82, 2.24) is 0 Å². The number of ketones is 1. The van der Waals surface area contributed by atoms with Crippen LogP contribution >= 0.6 is 0 Å². The molecule has 0 saturated heterocycles. The minimum atomic E-state index is -0.404. The summed E-state index contributed by atoms with van der Waals surface area (Å²) in [5.41, 5.74) is 0.489. The van der Waals surface area contributed by atoms with Crippen molar-refractivity contribution in [1.29, 1.82) is 0 Å². The molecule has 2 nitrogen and oxygen atoms in total. The highest BCUT2D eigenvalue weighted by Gasteiger charge is 2.51. The largest absolute Gasteiger partial charge is 0.489 e. The van der Waals surface area contributed by atoms with Gasteiger partial charge in [0.1, 0.15) is 23.5 Å². The van der Waals surface area contributed by atoms with Crippen LogP contribution in [0.5, 0.6) is 5.75 Å². The molecule has 1 aromatic carbocycles. The molecule has 2 unspecified atom stereocenters. The highest BCUT2D eigenvalue weighted by molar-refractivity contribution is 5.92. The molecule has 1 aliphatic rings. The van der Waals surface area contributed by atoms with Crippen molar-refractivity contribution in [3.05, 3.63) is 29.6 Å². The molecule has 0 spiro atoms. The zero-order chi connectivity index (χ0) is 12.6. The molecule has 1 aliphatic carbocycles. The van der Waals surface area contributed by atoms with Crippen LogP contribution in [0, 0.1) is 18.2 Å². The van der Waals surface area contributed by atoms with Gasteiger partial charge in [-0.1, -0.05) is 13.0 Å². The SMILES string of the molecule is CCC1(C)C(=O)CC1Oc1cc(F)ccc1C. The Morgan fingerprint density at radius 1 is 1.53 bits per heavy atom. The maximum Gasteiger partial charge on any atom is 0.146 e. The predicted molar refractivity (Wildman–Crippen MR) is 63.6 cm³/mol. The quantitative estimate of drug-likeness (QED) is 0.805. The standard InChI is InChI=1S/C14H17FO2/c1-4-14(3)12(16)8-13(14)17-11-7-10(15)6-5-9(11)2/h5-7,13H,4,8H2,1-3H3. The average Bonchev–Trinajstić information content (AvgIpc) is 2.32. The van der Waals surface area contributed by atoms with Crippen molar-refractivity contribution in [2.24, 2.45) is 5.41 Å². The molecule has 0 bridgehead atoms. The molecule has 0 heterocycles. The molecule has 1 fully saturated rings. The monoisotopic (exact) mass is 236 g/mol. The molecule has 1 aromatic rings. The number of Topliss-reactive ketones (excluding diaryl/α,β-unsaturated/α-hetero) is 1. The van der Waals surface area contributed by atoms with Gasteiger partial charge in [-0.05, 0) is 31.9 Å². The zero-order valence-electron chi connectivity index (χ0n) is 10.4. The Kier molecular flexibility index (Phi) is 2.94. The minimum absolute atomic E-state index is 0.125. The average molecular weight is 236 g/mol. The van der Waals surface area contributed by atoms with Crippen LogP contribution in [0.3, 0.4) is 0 Å². The van der Waals surface area contributed by atoms with E-state index >= 15 is 0 Å². The van der Waals surface area contributed by atoms with Gasteiger partial charge in [-0.3, -0.25) is 4.79 Å². The number of halogens is 1. The summed E-state index contributed by atoms with van der Waals surface area (Å²) in [6.45, 7) is 5.77. The Labute approximate surface area is 101 Å². The van der Waals surface area contributed by atoms with Gasteiger partial charge in [0.15, 0.2) is 0 Å². The molecule has 2 rings (SSSR count). The second-order valence-electron chi connectivity index (χ2n) is 4.91. The predicted octanol–water partition coefficient (Wildman–Crippen LogP) is 3.27. The number of rotatable bonds is 3. The summed E-state index contributed by atoms with van der Waals surface area (Å²) in [5, 5.41) is 0. The summed E-state index contributed by atoms with van der Waals surface area (Å²) in [6, 6.07) is 4.48. The highest BCUT2D eigenvalue weighted by Crippen LogP contribution is 2.43. The second kappa shape index (κ2) is 4.13. The molecule has 1 saturated carbocycles. The number of hydrogen-bond acceptors (Lipinski definition) is 2. The Hall–Kier alpha value is -1.38. The third-order valence-electron chi connectivity index (χ3n) is 3.87. The third kappa shape index (κ3) is 1.94. The first kappa shape index (κ1) is 12.1. The maximum atomic E-state index is 13.1. The van der Waals surface area contributed by atoms with Gasteiger partial charge in [0.25, 0.3) is 0 Å². The van der Waals surface area contributed by atoms with E-state index in [1.54, 1.807) is 6.07 Å². The van der Waals surface area contributed by atoms with E-state index in [4.69, 9.17) is 4.74 Å². The van der Waals surface area contributed by atoms with Gasteiger partial charge in [0.2, 0.25) is 0 Å². The van der Waals surface area contributed by atoms with Crippen LogP contribution < -0.4 is 4.74 Å². The lowest BCUT2D eigenvalue weighted by atomic mass is 9.64. The summed E-state index contributed by atoms with van der Waals surface area (Å²) in [6.07, 6.45) is 1.06. The topological polar surface area (TPSA) is 26.3 Å². The fourth-order valence-corrected chi connectivity index (χ4v) is 2.13. The van der Waals surface area contributed by atoms with E-state index in [-0.39, 0.29) is 17.7 Å². The van der Waals surface area contributed by atoms with Crippen LogP contribution in [0.15, 0.2) is 18.2 Å². The Morgan fingerprint density at radius 3 is 2.82 bits per heavy atom. The molecule has 17 heavy (non-hydrogen) atoms. The van der Waals surface area contributed by atoms with Crippen molar-refractivity contribution in [3.8, 4) is 5.75 Å². The summed E-state index contributed by atoms with van der Waals surface area (Å²) in [5.74, 6) is 0.468. The smallest absolute Gasteiger partial charge is 0.146 e. The first-order valence-electron chi connectivity index (χ1n) is 5.93. The van der Waals surface area contributed by atoms with Gasteiger partial charge in [-0.15, -0.1) is 0 Å². The van der Waals surface area contributed by atoms with Crippen LogP contribution in [0.25, 0.3) is 0 Å². The Bertz CT molecular complexity index is 456. The van der Waals surface area contributed by atoms with Gasteiger partial charge < -0.3 is 4.74 Å². The minimum Gasteiger partial charge on any atom is -0.489 e. The lowest BCUT2D eigenvalue weighted by Crippen LogP contribution is -2.54. The van der Waals surface area contributed by atoms with Crippen LogP contribution in [0.4, 0.5) is 4.39 Å². The van der Waals surface area contributed by atoms with Crippen LogP contribution in [-0.2, 0) is 4.79 Å². The van der Waals surface area contributed by atoms with Crippen molar-refractivity contribution in [2.75, 3.05) is 0 Å². The van der Waals surface area contributed by atoms with E-state index in [1.165, 1.54) is 12.1 Å². The summed E-state index contributed by atoms with van der Waals surface area (Å²) >= 11 is 0. The van der Waals surface area contributed by atoms with Gasteiger partial charge in [-0.25, -0.2) is 4.39 Å².